The van der Waals surface area contributed by atoms with E-state index < -0.39 is 0 Å². The van der Waals surface area contributed by atoms with Crippen LogP contribution in [0.5, 0.6) is 5.75 Å². The van der Waals surface area contributed by atoms with Gasteiger partial charge < -0.3 is 9.47 Å². The van der Waals surface area contributed by atoms with E-state index in [1.54, 1.807) is 6.08 Å². The van der Waals surface area contributed by atoms with Crippen molar-refractivity contribution in [1.29, 1.82) is 0 Å². The van der Waals surface area contributed by atoms with Crippen molar-refractivity contribution in [1.82, 2.24) is 0 Å². The van der Waals surface area contributed by atoms with Crippen LogP contribution in [0.2, 0.25) is 0 Å². The Morgan fingerprint density at radius 1 is 1.39 bits per heavy atom. The molecule has 1 aliphatic carbocycles. The van der Waals surface area contributed by atoms with Crippen molar-refractivity contribution in [3.63, 3.8) is 0 Å². The zero-order valence-corrected chi connectivity index (χ0v) is 10.5. The Morgan fingerprint density at radius 3 is 3.11 bits per heavy atom. The number of rotatable bonds is 2. The summed E-state index contributed by atoms with van der Waals surface area (Å²) in [4.78, 5) is 11.6. The third-order valence-corrected chi connectivity index (χ3v) is 3.53. The number of ether oxygens (including phenoxy) is 2. The van der Waals surface area contributed by atoms with Gasteiger partial charge in [-0.05, 0) is 42.5 Å². The van der Waals surface area contributed by atoms with Crippen molar-refractivity contribution in [2.75, 3.05) is 13.2 Å². The fourth-order valence-electron chi connectivity index (χ4n) is 2.80. The number of esters is 1. The van der Waals surface area contributed by atoms with E-state index in [2.05, 4.69) is 12.1 Å². The standard InChI is InChI=1S/C15H16O3/c1-2-17-14(16)9-11-4-3-10-5-6-13-12(15(10)11)7-8-18-13/h5-6,9H,2-4,7-8H2,1H3. The number of fused-ring (bicyclic) bond motifs is 3. The van der Waals surface area contributed by atoms with Crippen molar-refractivity contribution >= 4 is 11.5 Å². The Morgan fingerprint density at radius 2 is 2.28 bits per heavy atom. The summed E-state index contributed by atoms with van der Waals surface area (Å²) in [6.07, 6.45) is 4.52. The molecule has 0 atom stereocenters. The lowest BCUT2D eigenvalue weighted by Crippen LogP contribution is -2.00. The third kappa shape index (κ3) is 1.80. The molecule has 0 N–H and O–H groups in total. The highest BCUT2D eigenvalue weighted by Gasteiger charge is 2.25. The van der Waals surface area contributed by atoms with Crippen molar-refractivity contribution in [2.45, 2.75) is 26.2 Å². The largest absolute Gasteiger partial charge is 0.493 e. The van der Waals surface area contributed by atoms with Crippen LogP contribution in [-0.2, 0) is 22.4 Å². The number of aryl methyl sites for hydroxylation is 1. The van der Waals surface area contributed by atoms with E-state index in [0.29, 0.717) is 6.61 Å². The molecule has 0 amide bonds. The predicted octanol–water partition coefficient (Wildman–Crippen LogP) is 2.51. The zero-order chi connectivity index (χ0) is 12.5. The lowest BCUT2D eigenvalue weighted by atomic mass is 9.98. The Hall–Kier alpha value is -1.77. The van der Waals surface area contributed by atoms with Crippen LogP contribution in [0.3, 0.4) is 0 Å². The first-order valence-corrected chi connectivity index (χ1v) is 6.45. The van der Waals surface area contributed by atoms with Gasteiger partial charge in [0.2, 0.25) is 0 Å². The summed E-state index contributed by atoms with van der Waals surface area (Å²) < 4.78 is 10.6. The highest BCUT2D eigenvalue weighted by molar-refractivity contribution is 5.94. The molecule has 3 nitrogen and oxygen atoms in total. The fourth-order valence-corrected chi connectivity index (χ4v) is 2.80. The van der Waals surface area contributed by atoms with Gasteiger partial charge >= 0.3 is 5.97 Å². The van der Waals surface area contributed by atoms with Gasteiger partial charge in [-0.3, -0.25) is 0 Å². The van der Waals surface area contributed by atoms with Gasteiger partial charge in [-0.1, -0.05) is 6.07 Å². The first-order chi connectivity index (χ1) is 8.79. The van der Waals surface area contributed by atoms with Crippen LogP contribution in [0.1, 0.15) is 30.0 Å². The molecule has 0 bridgehead atoms. The van der Waals surface area contributed by atoms with Gasteiger partial charge in [-0.15, -0.1) is 0 Å². The maximum Gasteiger partial charge on any atom is 0.331 e. The summed E-state index contributed by atoms with van der Waals surface area (Å²) in [6.45, 7) is 2.99. The van der Waals surface area contributed by atoms with E-state index >= 15 is 0 Å². The average Bonchev–Trinajstić information content (AvgIpc) is 2.94. The maximum absolute atomic E-state index is 11.6. The second-order valence-corrected chi connectivity index (χ2v) is 4.60. The molecule has 1 aromatic rings. The van der Waals surface area contributed by atoms with E-state index in [4.69, 9.17) is 9.47 Å². The molecule has 3 rings (SSSR count). The molecule has 1 aromatic carbocycles. The first kappa shape index (κ1) is 11.3. The van der Waals surface area contributed by atoms with Crippen molar-refractivity contribution in [3.05, 3.63) is 34.9 Å². The van der Waals surface area contributed by atoms with Gasteiger partial charge in [0.15, 0.2) is 0 Å². The number of carbonyl (C=O) groups is 1. The molecule has 2 aliphatic rings. The topological polar surface area (TPSA) is 35.5 Å². The van der Waals surface area contributed by atoms with E-state index in [1.807, 2.05) is 6.92 Å². The van der Waals surface area contributed by atoms with E-state index in [1.165, 1.54) is 16.7 Å². The summed E-state index contributed by atoms with van der Waals surface area (Å²) in [5.41, 5.74) is 4.93. The summed E-state index contributed by atoms with van der Waals surface area (Å²) in [5, 5.41) is 0. The molecule has 1 aliphatic heterocycles. The van der Waals surface area contributed by atoms with Gasteiger partial charge in [-0.2, -0.15) is 0 Å². The van der Waals surface area contributed by atoms with Crippen LogP contribution in [0, 0.1) is 0 Å². The predicted molar refractivity (Wildman–Crippen MR) is 68.6 cm³/mol. The van der Waals surface area contributed by atoms with Crippen molar-refractivity contribution in [2.24, 2.45) is 0 Å². The molecule has 18 heavy (non-hydrogen) atoms. The zero-order valence-electron chi connectivity index (χ0n) is 10.5. The van der Waals surface area contributed by atoms with Crippen molar-refractivity contribution in [3.8, 4) is 5.75 Å². The molecule has 0 unspecified atom stereocenters. The molecule has 94 valence electrons. The lowest BCUT2D eigenvalue weighted by Gasteiger charge is -2.07. The van der Waals surface area contributed by atoms with Gasteiger partial charge in [0.1, 0.15) is 5.75 Å². The third-order valence-electron chi connectivity index (χ3n) is 3.53. The first-order valence-electron chi connectivity index (χ1n) is 6.45. The molecule has 0 spiro atoms. The maximum atomic E-state index is 11.6. The normalized spacial score (nSPS) is 18.4. The van der Waals surface area contributed by atoms with Gasteiger partial charge in [0.05, 0.1) is 13.2 Å². The Kier molecular flexibility index (Phi) is 2.82. The van der Waals surface area contributed by atoms with Crippen LogP contribution < -0.4 is 4.74 Å². The van der Waals surface area contributed by atoms with E-state index in [0.717, 1.165) is 37.2 Å². The molecule has 0 fully saturated rings. The average molecular weight is 244 g/mol. The van der Waals surface area contributed by atoms with Gasteiger partial charge in [0.25, 0.3) is 0 Å². The van der Waals surface area contributed by atoms with E-state index in [9.17, 15) is 4.79 Å². The fraction of sp³-hybridized carbons (Fsp3) is 0.400. The quantitative estimate of drug-likeness (QED) is 0.592. The minimum Gasteiger partial charge on any atom is -0.493 e. The van der Waals surface area contributed by atoms with Crippen molar-refractivity contribution < 1.29 is 14.3 Å². The highest BCUT2D eigenvalue weighted by Crippen LogP contribution is 2.41. The number of hydrogen-bond acceptors (Lipinski definition) is 3. The van der Waals surface area contributed by atoms with Crippen LogP contribution in [-0.4, -0.2) is 19.2 Å². The summed E-state index contributed by atoms with van der Waals surface area (Å²) in [6, 6.07) is 4.17. The second kappa shape index (κ2) is 4.48. The number of allylic oxidation sites excluding steroid dienone is 1. The molecular weight excluding hydrogens is 228 g/mol. The molecule has 3 heteroatoms. The second-order valence-electron chi connectivity index (χ2n) is 4.60. The van der Waals surface area contributed by atoms with Crippen LogP contribution >= 0.6 is 0 Å². The number of hydrogen-bond donors (Lipinski definition) is 0. The Balaban J connectivity index is 2.01. The van der Waals surface area contributed by atoms with Gasteiger partial charge in [-0.25, -0.2) is 4.79 Å². The molecule has 1 heterocycles. The van der Waals surface area contributed by atoms with Crippen LogP contribution in [0.15, 0.2) is 18.2 Å². The molecule has 0 saturated heterocycles. The summed E-state index contributed by atoms with van der Waals surface area (Å²) in [7, 11) is 0. The molecule has 0 aromatic heterocycles. The van der Waals surface area contributed by atoms with Crippen LogP contribution in [0.25, 0.3) is 5.57 Å². The Bertz CT molecular complexity index is 529. The minimum absolute atomic E-state index is 0.239. The molecular formula is C15H16O3. The highest BCUT2D eigenvalue weighted by atomic mass is 16.5. The monoisotopic (exact) mass is 244 g/mol. The molecule has 0 saturated carbocycles. The van der Waals surface area contributed by atoms with E-state index in [-0.39, 0.29) is 5.97 Å². The lowest BCUT2D eigenvalue weighted by molar-refractivity contribution is -0.137. The summed E-state index contributed by atoms with van der Waals surface area (Å²) >= 11 is 0. The van der Waals surface area contributed by atoms with Gasteiger partial charge in [0, 0.05) is 18.1 Å². The smallest absolute Gasteiger partial charge is 0.331 e. The number of benzene rings is 1. The minimum atomic E-state index is -0.239. The molecule has 0 radical (unpaired) electrons. The summed E-state index contributed by atoms with van der Waals surface area (Å²) in [5.74, 6) is 0.738. The van der Waals surface area contributed by atoms with Crippen LogP contribution in [0.4, 0.5) is 0 Å². The Labute approximate surface area is 106 Å². The number of carbonyl (C=O) groups excluding carboxylic acids is 1. The SMILES string of the molecule is CCOC(=O)C=C1CCc2ccc3c(c21)CCO3.